The van der Waals surface area contributed by atoms with Gasteiger partial charge in [0, 0.05) is 18.3 Å². The molecule has 1 aromatic heterocycles. The van der Waals surface area contributed by atoms with Crippen LogP contribution in [0.15, 0.2) is 41.4 Å². The Kier molecular flexibility index (Phi) is 4.26. The molecule has 0 amide bonds. The van der Waals surface area contributed by atoms with Crippen LogP contribution < -0.4 is 10.0 Å². The molecule has 2 rings (SSSR count). The summed E-state index contributed by atoms with van der Waals surface area (Å²) in [5, 5.41) is 9.99. The number of rotatable bonds is 5. The van der Waals surface area contributed by atoms with Crippen LogP contribution in [0.5, 0.6) is 0 Å². The third kappa shape index (κ3) is 3.28. The number of aromatic nitrogens is 2. The van der Waals surface area contributed by atoms with E-state index in [1.165, 1.54) is 24.4 Å². The van der Waals surface area contributed by atoms with Gasteiger partial charge in [-0.3, -0.25) is 4.72 Å². The van der Waals surface area contributed by atoms with Gasteiger partial charge in [0.2, 0.25) is 0 Å². The van der Waals surface area contributed by atoms with Gasteiger partial charge >= 0.3 is 0 Å². The van der Waals surface area contributed by atoms with Gasteiger partial charge in [-0.25, -0.2) is 12.8 Å². The highest BCUT2D eigenvalue weighted by Gasteiger charge is 2.16. The quantitative estimate of drug-likeness (QED) is 0.864. The van der Waals surface area contributed by atoms with E-state index in [1.54, 1.807) is 13.1 Å². The van der Waals surface area contributed by atoms with Crippen molar-refractivity contribution in [2.75, 3.05) is 11.8 Å². The van der Waals surface area contributed by atoms with Crippen LogP contribution in [0.4, 0.5) is 10.2 Å². The summed E-state index contributed by atoms with van der Waals surface area (Å²) in [4.78, 5) is -0.0326. The van der Waals surface area contributed by atoms with Crippen LogP contribution in [-0.2, 0) is 16.6 Å². The second-order valence-corrected chi connectivity index (χ2v) is 5.68. The molecule has 6 nitrogen and oxygen atoms in total. The molecule has 0 aliphatic rings. The minimum Gasteiger partial charge on any atom is -0.316 e. The van der Waals surface area contributed by atoms with Crippen LogP contribution in [-0.4, -0.2) is 25.7 Å². The molecule has 0 fully saturated rings. The summed E-state index contributed by atoms with van der Waals surface area (Å²) in [6.45, 7) is 0.236. The first kappa shape index (κ1) is 14.4. The monoisotopic (exact) mass is 296 g/mol. The van der Waals surface area contributed by atoms with Gasteiger partial charge in [-0.05, 0) is 37.4 Å². The number of hydrogen-bond acceptors (Lipinski definition) is 5. The number of nitrogens with one attached hydrogen (secondary N) is 2. The Labute approximate surface area is 116 Å². The topological polar surface area (TPSA) is 84.0 Å². The van der Waals surface area contributed by atoms with Crippen molar-refractivity contribution < 1.29 is 12.8 Å². The average molecular weight is 296 g/mol. The Hall–Kier alpha value is -2.06. The Morgan fingerprint density at radius 3 is 2.75 bits per heavy atom. The maximum Gasteiger partial charge on any atom is 0.263 e. The van der Waals surface area contributed by atoms with E-state index in [1.807, 2.05) is 0 Å². The van der Waals surface area contributed by atoms with Crippen LogP contribution >= 0.6 is 0 Å². The minimum atomic E-state index is -3.82. The lowest BCUT2D eigenvalue weighted by Crippen LogP contribution is -2.15. The molecular formula is C12H13FN4O2S. The van der Waals surface area contributed by atoms with Gasteiger partial charge in [0.25, 0.3) is 10.0 Å². The van der Waals surface area contributed by atoms with E-state index in [0.29, 0.717) is 0 Å². The third-order valence-electron chi connectivity index (χ3n) is 2.51. The van der Waals surface area contributed by atoms with Crippen molar-refractivity contribution in [1.29, 1.82) is 0 Å². The summed E-state index contributed by atoms with van der Waals surface area (Å²) in [7, 11) is -2.17. The molecule has 0 saturated carbocycles. The Bertz CT molecular complexity index is 692. The maximum atomic E-state index is 13.5. The molecule has 1 heterocycles. The number of hydrogen-bond donors (Lipinski definition) is 2. The summed E-state index contributed by atoms with van der Waals surface area (Å²) in [6.07, 6.45) is 1.43. The van der Waals surface area contributed by atoms with E-state index in [-0.39, 0.29) is 22.8 Å². The maximum absolute atomic E-state index is 13.5. The second-order valence-electron chi connectivity index (χ2n) is 4.00. The van der Waals surface area contributed by atoms with Crippen LogP contribution in [0.2, 0.25) is 0 Å². The van der Waals surface area contributed by atoms with E-state index >= 15 is 0 Å². The number of benzene rings is 1. The van der Waals surface area contributed by atoms with Crippen LogP contribution in [0.1, 0.15) is 5.56 Å². The molecule has 0 radical (unpaired) electrons. The summed E-state index contributed by atoms with van der Waals surface area (Å²) in [6, 6.07) is 6.64. The van der Waals surface area contributed by atoms with Crippen LogP contribution in [0, 0.1) is 5.82 Å². The van der Waals surface area contributed by atoms with Gasteiger partial charge in [0.15, 0.2) is 5.82 Å². The van der Waals surface area contributed by atoms with Crippen molar-refractivity contribution in [2.45, 2.75) is 11.4 Å². The van der Waals surface area contributed by atoms with Crippen molar-refractivity contribution in [1.82, 2.24) is 15.5 Å². The largest absolute Gasteiger partial charge is 0.316 e. The highest BCUT2D eigenvalue weighted by molar-refractivity contribution is 7.92. The molecule has 106 valence electrons. The van der Waals surface area contributed by atoms with Crippen LogP contribution in [0.25, 0.3) is 0 Å². The zero-order valence-electron chi connectivity index (χ0n) is 10.7. The van der Waals surface area contributed by atoms with Gasteiger partial charge in [-0.15, -0.1) is 5.10 Å². The molecule has 8 heteroatoms. The third-order valence-corrected chi connectivity index (χ3v) is 3.86. The standard InChI is InChI=1S/C12H13FN4O2S/c1-14-8-9-7-10(4-5-11(9)13)20(18,19)17-12-3-2-6-15-16-12/h2-7,14H,8H2,1H3,(H,16,17). The molecule has 0 saturated heterocycles. The molecule has 2 aromatic rings. The van der Waals surface area contributed by atoms with Gasteiger partial charge in [-0.2, -0.15) is 5.10 Å². The van der Waals surface area contributed by atoms with Crippen molar-refractivity contribution in [3.63, 3.8) is 0 Å². The molecule has 1 aromatic carbocycles. The smallest absolute Gasteiger partial charge is 0.263 e. The Balaban J connectivity index is 2.32. The number of nitrogens with zero attached hydrogens (tertiary/aromatic N) is 2. The molecule has 0 bridgehead atoms. The van der Waals surface area contributed by atoms with Crippen molar-refractivity contribution in [2.24, 2.45) is 0 Å². The zero-order chi connectivity index (χ0) is 14.6. The lowest BCUT2D eigenvalue weighted by atomic mass is 10.2. The fourth-order valence-electron chi connectivity index (χ4n) is 1.60. The van der Waals surface area contributed by atoms with E-state index in [4.69, 9.17) is 0 Å². The number of halogens is 1. The number of sulfonamides is 1. The lowest BCUT2D eigenvalue weighted by Gasteiger charge is -2.09. The predicted octanol–water partition coefficient (Wildman–Crippen LogP) is 1.14. The molecular weight excluding hydrogens is 283 g/mol. The van der Waals surface area contributed by atoms with Gasteiger partial charge in [0.05, 0.1) is 4.90 Å². The van der Waals surface area contributed by atoms with Gasteiger partial charge < -0.3 is 5.32 Å². The molecule has 0 unspecified atom stereocenters. The highest BCUT2D eigenvalue weighted by atomic mass is 32.2. The van der Waals surface area contributed by atoms with E-state index < -0.39 is 15.8 Å². The Morgan fingerprint density at radius 2 is 2.10 bits per heavy atom. The van der Waals surface area contributed by atoms with Crippen molar-refractivity contribution >= 4 is 15.8 Å². The first-order valence-corrected chi connectivity index (χ1v) is 7.25. The predicted molar refractivity (Wildman–Crippen MR) is 72.0 cm³/mol. The summed E-state index contributed by atoms with van der Waals surface area (Å²) in [5.41, 5.74) is 0.273. The first-order chi connectivity index (χ1) is 9.53. The minimum absolute atomic E-state index is 0.0326. The molecule has 0 aliphatic carbocycles. The fraction of sp³-hybridized carbons (Fsp3) is 0.167. The molecule has 2 N–H and O–H groups in total. The van der Waals surface area contributed by atoms with E-state index in [0.717, 1.165) is 6.07 Å². The normalized spacial score (nSPS) is 11.3. The fourth-order valence-corrected chi connectivity index (χ4v) is 2.64. The van der Waals surface area contributed by atoms with E-state index in [2.05, 4.69) is 20.2 Å². The first-order valence-electron chi connectivity index (χ1n) is 5.76. The molecule has 0 aliphatic heterocycles. The van der Waals surface area contributed by atoms with Gasteiger partial charge in [-0.1, -0.05) is 0 Å². The van der Waals surface area contributed by atoms with Crippen molar-refractivity contribution in [3.05, 3.63) is 47.9 Å². The summed E-state index contributed by atoms with van der Waals surface area (Å²) in [5.74, 6) is -0.357. The summed E-state index contributed by atoms with van der Waals surface area (Å²) >= 11 is 0. The highest BCUT2D eigenvalue weighted by Crippen LogP contribution is 2.17. The zero-order valence-corrected chi connectivity index (χ0v) is 11.5. The molecule has 20 heavy (non-hydrogen) atoms. The Morgan fingerprint density at radius 1 is 1.30 bits per heavy atom. The lowest BCUT2D eigenvalue weighted by molar-refractivity contribution is 0.591. The van der Waals surface area contributed by atoms with E-state index in [9.17, 15) is 12.8 Å². The van der Waals surface area contributed by atoms with Crippen LogP contribution in [0.3, 0.4) is 0 Å². The summed E-state index contributed by atoms with van der Waals surface area (Å²) < 4.78 is 40.1. The second kappa shape index (κ2) is 5.93. The van der Waals surface area contributed by atoms with Crippen molar-refractivity contribution in [3.8, 4) is 0 Å². The average Bonchev–Trinajstić information content (AvgIpc) is 2.42. The molecule has 0 spiro atoms. The molecule has 0 atom stereocenters. The SMILES string of the molecule is CNCc1cc(S(=O)(=O)Nc2cccnn2)ccc1F. The number of anilines is 1. The van der Waals surface area contributed by atoms with Gasteiger partial charge in [0.1, 0.15) is 5.82 Å².